The van der Waals surface area contributed by atoms with Crippen LogP contribution in [-0.4, -0.2) is 48.9 Å². The molecule has 0 saturated carbocycles. The maximum absolute atomic E-state index is 11.0. The van der Waals surface area contributed by atoms with Crippen molar-refractivity contribution >= 4 is 26.5 Å². The second-order valence-electron chi connectivity index (χ2n) is 10.8. The number of allylic oxidation sites excluding steroid dienone is 2. The van der Waals surface area contributed by atoms with Gasteiger partial charge in [-0.25, -0.2) is 0 Å². The van der Waals surface area contributed by atoms with Gasteiger partial charge in [-0.2, -0.15) is 0 Å². The summed E-state index contributed by atoms with van der Waals surface area (Å²) < 4.78 is 7.21. The molecule has 2 atom stereocenters. The first-order valence-corrected chi connectivity index (χ1v) is 23.9. The quantitative estimate of drug-likeness (QED) is 0.255. The molecule has 2 rings (SSSR count). The molecule has 2 aliphatic rings. The van der Waals surface area contributed by atoms with E-state index in [1.165, 1.54) is 62.6 Å². The van der Waals surface area contributed by atoms with Crippen molar-refractivity contribution < 1.29 is 10.2 Å². The molecule has 0 amide bonds. The van der Waals surface area contributed by atoms with Gasteiger partial charge in [0.05, 0.1) is 0 Å². The van der Waals surface area contributed by atoms with E-state index in [0.717, 1.165) is 30.4 Å². The Kier molecular flexibility index (Phi) is 10.4. The molecule has 2 aliphatic carbocycles. The molecular weight excluding hydrogens is 491 g/mol. The van der Waals surface area contributed by atoms with Crippen LogP contribution in [-0.2, 0) is 0 Å². The van der Waals surface area contributed by atoms with Crippen LogP contribution in [0, 0.1) is 0 Å². The average Bonchev–Trinajstić information content (AvgIpc) is 3.26. The summed E-state index contributed by atoms with van der Waals surface area (Å²) in [6.07, 6.45) is 12.3. The first kappa shape index (κ1) is 26.4. The molecule has 30 heavy (non-hydrogen) atoms. The molecule has 4 heteroatoms. The molecular formula is C26H48O2SiSn. The molecule has 0 saturated heterocycles. The zero-order chi connectivity index (χ0) is 22.4. The maximum atomic E-state index is 11.0. The molecule has 0 aromatic carbocycles. The van der Waals surface area contributed by atoms with E-state index in [0.29, 0.717) is 0 Å². The van der Waals surface area contributed by atoms with Crippen molar-refractivity contribution in [3.8, 4) is 0 Å². The van der Waals surface area contributed by atoms with E-state index < -0.39 is 38.7 Å². The Hall–Kier alpha value is 0.156. The number of hydrogen-bond donors (Lipinski definition) is 2. The summed E-state index contributed by atoms with van der Waals surface area (Å²) in [5, 5.41) is 23.1. The Balaban J connectivity index is 2.50. The van der Waals surface area contributed by atoms with Crippen LogP contribution in [0.5, 0.6) is 0 Å². The van der Waals surface area contributed by atoms with Crippen LogP contribution in [0.3, 0.4) is 0 Å². The van der Waals surface area contributed by atoms with E-state index in [2.05, 4.69) is 50.6 Å². The van der Waals surface area contributed by atoms with Gasteiger partial charge >= 0.3 is 192 Å². The van der Waals surface area contributed by atoms with E-state index in [9.17, 15) is 10.2 Å². The van der Waals surface area contributed by atoms with Gasteiger partial charge in [-0.1, -0.05) is 0 Å². The van der Waals surface area contributed by atoms with Crippen LogP contribution in [0.15, 0.2) is 32.1 Å². The number of unbranched alkanes of at least 4 members (excludes halogenated alkanes) is 3. The van der Waals surface area contributed by atoms with Crippen molar-refractivity contribution in [1.82, 2.24) is 0 Å². The normalized spacial score (nSPS) is 24.3. The third kappa shape index (κ3) is 6.36. The Bertz CT molecular complexity index is 635. The van der Waals surface area contributed by atoms with Crippen LogP contribution >= 0.6 is 0 Å². The molecule has 0 bridgehead atoms. The molecule has 0 heterocycles. The first-order valence-electron chi connectivity index (χ1n) is 12.7. The molecule has 0 aromatic heterocycles. The summed E-state index contributed by atoms with van der Waals surface area (Å²) in [5.41, 5.74) is 3.58. The van der Waals surface area contributed by atoms with Gasteiger partial charge in [0, 0.05) is 0 Å². The fourth-order valence-electron chi connectivity index (χ4n) is 5.47. The third-order valence-corrected chi connectivity index (χ3v) is 23.4. The topological polar surface area (TPSA) is 40.5 Å². The Morgan fingerprint density at radius 1 is 0.900 bits per heavy atom. The predicted octanol–water partition coefficient (Wildman–Crippen LogP) is 7.32. The molecule has 2 N–H and O–H groups in total. The van der Waals surface area contributed by atoms with Crippen molar-refractivity contribution in [3.63, 3.8) is 0 Å². The molecule has 0 unspecified atom stereocenters. The third-order valence-electron chi connectivity index (χ3n) is 7.32. The van der Waals surface area contributed by atoms with Crippen LogP contribution in [0.2, 0.25) is 33.0 Å². The van der Waals surface area contributed by atoms with Crippen molar-refractivity contribution in [1.29, 1.82) is 0 Å². The van der Waals surface area contributed by atoms with E-state index in [-0.39, 0.29) is 0 Å². The Morgan fingerprint density at radius 3 is 1.90 bits per heavy atom. The summed E-state index contributed by atoms with van der Waals surface area (Å²) >= 11 is -2.38. The van der Waals surface area contributed by atoms with E-state index in [1.807, 2.05) is 0 Å². The summed E-state index contributed by atoms with van der Waals surface area (Å²) in [4.78, 5) is 0. The zero-order valence-corrected chi connectivity index (χ0v) is 24.5. The zero-order valence-electron chi connectivity index (χ0n) is 20.7. The van der Waals surface area contributed by atoms with Gasteiger partial charge in [-0.3, -0.25) is 0 Å². The number of rotatable bonds is 12. The van der Waals surface area contributed by atoms with Crippen LogP contribution < -0.4 is 0 Å². The minimum absolute atomic E-state index is 0.661. The monoisotopic (exact) mass is 540 g/mol. The molecule has 0 spiro atoms. The van der Waals surface area contributed by atoms with Crippen molar-refractivity contribution in [2.24, 2.45) is 0 Å². The standard InChI is InChI=1S/C14H21O2Si.3C4H9.Sn/c1-5-11(17(2,3)4)12-9-7-6-8-10(9)13(15)14(12)16;3*1-3-4-2;/h1,5,13-16H,6-8H2,2-4H3;3*1,3-4H2,2H3;/b5-1?,12-11-;;;;/t13-,14+;;;;/m1..../s1. The molecule has 0 fully saturated rings. The SMILES string of the molecule is CCC[CH2][Sn](/[CH]=C/C(=C1\C2=C(CCC2)[C@@H](O)[C@H]1O)[Si](C)(C)C)([CH2]CCC)[CH2]CCC. The van der Waals surface area contributed by atoms with Gasteiger partial charge in [-0.15, -0.1) is 0 Å². The number of aliphatic hydroxyl groups is 2. The van der Waals surface area contributed by atoms with E-state index in [1.54, 1.807) is 0 Å². The van der Waals surface area contributed by atoms with E-state index in [4.69, 9.17) is 0 Å². The van der Waals surface area contributed by atoms with Crippen molar-refractivity contribution in [2.75, 3.05) is 0 Å². The van der Waals surface area contributed by atoms with Gasteiger partial charge in [-0.05, 0) is 0 Å². The van der Waals surface area contributed by atoms with Gasteiger partial charge in [0.2, 0.25) is 0 Å². The van der Waals surface area contributed by atoms with Gasteiger partial charge < -0.3 is 0 Å². The van der Waals surface area contributed by atoms with Crippen molar-refractivity contribution in [2.45, 2.75) is 124 Å². The second-order valence-corrected chi connectivity index (χ2v) is 28.9. The fourth-order valence-corrected chi connectivity index (χ4v) is 21.7. The molecule has 0 aromatic rings. The molecule has 0 radical (unpaired) electrons. The molecule has 172 valence electrons. The summed E-state index contributed by atoms with van der Waals surface area (Å²) in [6, 6.07) is 0. The van der Waals surface area contributed by atoms with Gasteiger partial charge in [0.1, 0.15) is 0 Å². The van der Waals surface area contributed by atoms with Gasteiger partial charge in [0.15, 0.2) is 0 Å². The Morgan fingerprint density at radius 2 is 1.43 bits per heavy atom. The number of hydrogen-bond acceptors (Lipinski definition) is 2. The fraction of sp³-hybridized carbons (Fsp3) is 0.769. The number of aliphatic hydroxyl groups excluding tert-OH is 2. The van der Waals surface area contributed by atoms with Crippen LogP contribution in [0.25, 0.3) is 0 Å². The van der Waals surface area contributed by atoms with Crippen LogP contribution in [0.1, 0.15) is 78.6 Å². The van der Waals surface area contributed by atoms with E-state index >= 15 is 0 Å². The summed E-state index contributed by atoms with van der Waals surface area (Å²) in [6.45, 7) is 14.2. The summed E-state index contributed by atoms with van der Waals surface area (Å²) in [7, 11) is -1.66. The summed E-state index contributed by atoms with van der Waals surface area (Å²) in [5.74, 6) is 0. The molecule has 2 nitrogen and oxygen atoms in total. The van der Waals surface area contributed by atoms with Crippen LogP contribution in [0.4, 0.5) is 0 Å². The minimum atomic E-state index is -2.38. The second kappa shape index (κ2) is 11.9. The first-order chi connectivity index (χ1) is 14.2. The Labute approximate surface area is 191 Å². The predicted molar refractivity (Wildman–Crippen MR) is 137 cm³/mol. The molecule has 0 aliphatic heterocycles. The average molecular weight is 539 g/mol. The van der Waals surface area contributed by atoms with Crippen molar-refractivity contribution in [3.05, 3.63) is 32.1 Å². The van der Waals surface area contributed by atoms with Gasteiger partial charge in [0.25, 0.3) is 0 Å².